The van der Waals surface area contributed by atoms with Gasteiger partial charge in [-0.05, 0) is 56.2 Å². The number of rotatable bonds is 5. The summed E-state index contributed by atoms with van der Waals surface area (Å²) in [4.78, 5) is 23.7. The lowest BCUT2D eigenvalue weighted by Crippen LogP contribution is -2.14. The van der Waals surface area contributed by atoms with Gasteiger partial charge in [0.25, 0.3) is 0 Å². The van der Waals surface area contributed by atoms with Crippen LogP contribution in [0.15, 0.2) is 42.5 Å². The summed E-state index contributed by atoms with van der Waals surface area (Å²) in [7, 11) is 0. The van der Waals surface area contributed by atoms with Crippen molar-refractivity contribution >= 4 is 11.9 Å². The predicted molar refractivity (Wildman–Crippen MR) is 87.7 cm³/mol. The number of carbonyl (C=O) groups is 2. The van der Waals surface area contributed by atoms with Crippen molar-refractivity contribution < 1.29 is 19.1 Å². The van der Waals surface area contributed by atoms with Crippen molar-refractivity contribution in [3.05, 3.63) is 70.3 Å². The number of benzene rings is 2. The van der Waals surface area contributed by atoms with Crippen molar-refractivity contribution in [2.24, 2.45) is 0 Å². The molecule has 0 bridgehead atoms. The zero-order chi connectivity index (χ0) is 16.8. The van der Waals surface area contributed by atoms with Gasteiger partial charge in [-0.15, -0.1) is 0 Å². The summed E-state index contributed by atoms with van der Waals surface area (Å²) < 4.78 is 10.2. The van der Waals surface area contributed by atoms with Crippen LogP contribution in [0.25, 0.3) is 0 Å². The van der Waals surface area contributed by atoms with Crippen molar-refractivity contribution in [1.29, 1.82) is 0 Å². The Bertz CT molecular complexity index is 719. The van der Waals surface area contributed by atoms with Gasteiger partial charge < -0.3 is 9.47 Å². The molecular formula is C19H20O4. The summed E-state index contributed by atoms with van der Waals surface area (Å²) in [5.74, 6) is -0.837. The summed E-state index contributed by atoms with van der Waals surface area (Å²) in [5.41, 5.74) is 4.13. The van der Waals surface area contributed by atoms with E-state index >= 15 is 0 Å². The van der Waals surface area contributed by atoms with Gasteiger partial charge in [0.05, 0.1) is 11.1 Å². The lowest BCUT2D eigenvalue weighted by molar-refractivity contribution is 0.0265. The second-order valence-electron chi connectivity index (χ2n) is 5.44. The van der Waals surface area contributed by atoms with E-state index < -0.39 is 11.9 Å². The van der Waals surface area contributed by atoms with Gasteiger partial charge in [0.2, 0.25) is 0 Å². The third-order valence-corrected chi connectivity index (χ3v) is 3.55. The molecule has 0 aliphatic heterocycles. The van der Waals surface area contributed by atoms with E-state index in [1.165, 1.54) is 0 Å². The molecule has 0 radical (unpaired) electrons. The molecule has 0 aliphatic carbocycles. The average Bonchev–Trinajstić information content (AvgIpc) is 2.53. The van der Waals surface area contributed by atoms with Crippen molar-refractivity contribution in [3.8, 4) is 0 Å². The summed E-state index contributed by atoms with van der Waals surface area (Å²) in [6.07, 6.45) is 0. The van der Waals surface area contributed by atoms with Crippen molar-refractivity contribution in [2.45, 2.75) is 20.8 Å². The maximum atomic E-state index is 11.9. The maximum Gasteiger partial charge on any atom is 0.338 e. The molecule has 2 aromatic carbocycles. The fraction of sp³-hybridized carbons (Fsp3) is 0.263. The van der Waals surface area contributed by atoms with Crippen molar-refractivity contribution in [2.75, 3.05) is 13.2 Å². The maximum absolute atomic E-state index is 11.9. The Hall–Kier alpha value is -2.62. The zero-order valence-electron chi connectivity index (χ0n) is 13.6. The van der Waals surface area contributed by atoms with E-state index in [9.17, 15) is 9.59 Å². The third kappa shape index (κ3) is 4.68. The van der Waals surface area contributed by atoms with Crippen LogP contribution in [-0.2, 0) is 9.47 Å². The Balaban J connectivity index is 1.79. The van der Waals surface area contributed by atoms with Gasteiger partial charge in [0.1, 0.15) is 13.2 Å². The Labute approximate surface area is 136 Å². The molecule has 0 amide bonds. The number of carbonyl (C=O) groups excluding carboxylic acids is 2. The zero-order valence-corrected chi connectivity index (χ0v) is 13.6. The van der Waals surface area contributed by atoms with Gasteiger partial charge in [0.15, 0.2) is 0 Å². The monoisotopic (exact) mass is 312 g/mol. The summed E-state index contributed by atoms with van der Waals surface area (Å²) in [6, 6.07) is 12.5. The van der Waals surface area contributed by atoms with Crippen LogP contribution in [0.2, 0.25) is 0 Å². The molecule has 2 rings (SSSR count). The molecule has 0 N–H and O–H groups in total. The standard InChI is InChI=1S/C19H20O4/c1-13-5-4-6-16(11-13)18(20)22-9-10-23-19(21)17-8-7-14(2)15(3)12-17/h4-8,11-12H,9-10H2,1-3H3. The first-order chi connectivity index (χ1) is 11.0. The minimum atomic E-state index is -0.420. The van der Waals surface area contributed by atoms with Gasteiger partial charge in [-0.2, -0.15) is 0 Å². The molecule has 0 saturated carbocycles. The largest absolute Gasteiger partial charge is 0.458 e. The number of ether oxygens (including phenoxy) is 2. The van der Waals surface area contributed by atoms with E-state index in [-0.39, 0.29) is 13.2 Å². The molecular weight excluding hydrogens is 292 g/mol. The van der Waals surface area contributed by atoms with E-state index in [1.54, 1.807) is 30.3 Å². The lowest BCUT2D eigenvalue weighted by Gasteiger charge is -2.08. The normalized spacial score (nSPS) is 10.2. The molecule has 0 unspecified atom stereocenters. The summed E-state index contributed by atoms with van der Waals surface area (Å²) >= 11 is 0. The third-order valence-electron chi connectivity index (χ3n) is 3.55. The smallest absolute Gasteiger partial charge is 0.338 e. The molecule has 0 aromatic heterocycles. The fourth-order valence-electron chi connectivity index (χ4n) is 2.08. The average molecular weight is 312 g/mol. The highest BCUT2D eigenvalue weighted by molar-refractivity contribution is 5.90. The first kappa shape index (κ1) is 16.7. The first-order valence-corrected chi connectivity index (χ1v) is 7.45. The molecule has 2 aromatic rings. The number of esters is 2. The number of aryl methyl sites for hydroxylation is 3. The number of hydrogen-bond acceptors (Lipinski definition) is 4. The molecule has 0 spiro atoms. The van der Waals surface area contributed by atoms with E-state index in [2.05, 4.69) is 0 Å². The molecule has 0 saturated heterocycles. The Morgan fingerprint density at radius 3 is 1.96 bits per heavy atom. The highest BCUT2D eigenvalue weighted by Gasteiger charge is 2.10. The van der Waals surface area contributed by atoms with Crippen LogP contribution in [0.5, 0.6) is 0 Å². The van der Waals surface area contributed by atoms with E-state index in [1.807, 2.05) is 32.9 Å². The van der Waals surface area contributed by atoms with Crippen LogP contribution in [0.3, 0.4) is 0 Å². The van der Waals surface area contributed by atoms with E-state index in [0.717, 1.165) is 16.7 Å². The van der Waals surface area contributed by atoms with Gasteiger partial charge in [-0.3, -0.25) is 0 Å². The van der Waals surface area contributed by atoms with E-state index in [4.69, 9.17) is 9.47 Å². The molecule has 4 heteroatoms. The van der Waals surface area contributed by atoms with Crippen LogP contribution in [-0.4, -0.2) is 25.2 Å². The highest BCUT2D eigenvalue weighted by Crippen LogP contribution is 2.11. The molecule has 0 atom stereocenters. The molecule has 0 fully saturated rings. The quantitative estimate of drug-likeness (QED) is 0.625. The van der Waals surface area contributed by atoms with E-state index in [0.29, 0.717) is 11.1 Å². The minimum Gasteiger partial charge on any atom is -0.458 e. The highest BCUT2D eigenvalue weighted by atomic mass is 16.6. The molecule has 120 valence electrons. The summed E-state index contributed by atoms with van der Waals surface area (Å²) in [6.45, 7) is 5.89. The van der Waals surface area contributed by atoms with Crippen molar-refractivity contribution in [3.63, 3.8) is 0 Å². The Kier molecular flexibility index (Phi) is 5.52. The molecule has 4 nitrogen and oxygen atoms in total. The van der Waals surface area contributed by atoms with Crippen LogP contribution in [0.4, 0.5) is 0 Å². The van der Waals surface area contributed by atoms with Gasteiger partial charge in [-0.1, -0.05) is 23.8 Å². The van der Waals surface area contributed by atoms with Crippen LogP contribution >= 0.6 is 0 Å². The number of hydrogen-bond donors (Lipinski definition) is 0. The second-order valence-corrected chi connectivity index (χ2v) is 5.44. The predicted octanol–water partition coefficient (Wildman–Crippen LogP) is 3.63. The van der Waals surface area contributed by atoms with Crippen LogP contribution in [0, 0.1) is 20.8 Å². The van der Waals surface area contributed by atoms with Crippen LogP contribution in [0.1, 0.15) is 37.4 Å². The fourth-order valence-corrected chi connectivity index (χ4v) is 2.08. The second kappa shape index (κ2) is 7.58. The summed E-state index contributed by atoms with van der Waals surface area (Å²) in [5, 5.41) is 0. The molecule has 0 aliphatic rings. The SMILES string of the molecule is Cc1cccc(C(=O)OCCOC(=O)c2ccc(C)c(C)c2)c1. The minimum absolute atomic E-state index is 0.0311. The Morgan fingerprint density at radius 1 is 0.783 bits per heavy atom. The van der Waals surface area contributed by atoms with Crippen molar-refractivity contribution in [1.82, 2.24) is 0 Å². The lowest BCUT2D eigenvalue weighted by atomic mass is 10.1. The Morgan fingerprint density at radius 2 is 1.39 bits per heavy atom. The first-order valence-electron chi connectivity index (χ1n) is 7.45. The topological polar surface area (TPSA) is 52.6 Å². The van der Waals surface area contributed by atoms with Gasteiger partial charge >= 0.3 is 11.9 Å². The molecule has 23 heavy (non-hydrogen) atoms. The molecule has 0 heterocycles. The van der Waals surface area contributed by atoms with Crippen LogP contribution < -0.4 is 0 Å². The van der Waals surface area contributed by atoms with Gasteiger partial charge in [-0.25, -0.2) is 9.59 Å². The van der Waals surface area contributed by atoms with Gasteiger partial charge in [0, 0.05) is 0 Å².